The fourth-order valence-corrected chi connectivity index (χ4v) is 3.16. The van der Waals surface area contributed by atoms with Crippen molar-refractivity contribution in [3.8, 4) is 0 Å². The van der Waals surface area contributed by atoms with Gasteiger partial charge >= 0.3 is 0 Å². The van der Waals surface area contributed by atoms with Crippen LogP contribution in [0.2, 0.25) is 0 Å². The Hall–Kier alpha value is -2.35. The van der Waals surface area contributed by atoms with Gasteiger partial charge in [0.15, 0.2) is 0 Å². The zero-order chi connectivity index (χ0) is 16.1. The fraction of sp³-hybridized carbons (Fsp3) is 0.286. The Balaban J connectivity index is 1.98. The van der Waals surface area contributed by atoms with Crippen molar-refractivity contribution in [1.29, 1.82) is 0 Å². The summed E-state index contributed by atoms with van der Waals surface area (Å²) in [6, 6.07) is 20.4. The first-order valence-electron chi connectivity index (χ1n) is 8.39. The zero-order valence-corrected chi connectivity index (χ0v) is 13.6. The molecule has 2 aromatic carbocycles. The van der Waals surface area contributed by atoms with Crippen LogP contribution in [-0.4, -0.2) is 23.4 Å². The van der Waals surface area contributed by atoms with Crippen LogP contribution in [-0.2, 0) is 4.79 Å². The highest BCUT2D eigenvalue weighted by atomic mass is 16.2. The van der Waals surface area contributed by atoms with Crippen molar-refractivity contribution >= 4 is 17.6 Å². The third-order valence-corrected chi connectivity index (χ3v) is 4.49. The quantitative estimate of drug-likeness (QED) is 0.598. The molecule has 1 fully saturated rings. The van der Waals surface area contributed by atoms with Crippen molar-refractivity contribution in [3.05, 3.63) is 71.8 Å². The Kier molecular flexibility index (Phi) is 4.92. The molecule has 0 N–H and O–H groups in total. The second kappa shape index (κ2) is 7.28. The number of piperidine rings is 1. The van der Waals surface area contributed by atoms with Gasteiger partial charge in [-0.2, -0.15) is 0 Å². The van der Waals surface area contributed by atoms with Crippen LogP contribution in [0, 0.1) is 0 Å². The average molecular weight is 305 g/mol. The highest BCUT2D eigenvalue weighted by Crippen LogP contribution is 2.25. The van der Waals surface area contributed by atoms with Gasteiger partial charge in [0.05, 0.1) is 0 Å². The maximum Gasteiger partial charge on any atom is 0.254 e. The first kappa shape index (κ1) is 15.5. The summed E-state index contributed by atoms with van der Waals surface area (Å²) in [4.78, 5) is 15.2. The van der Waals surface area contributed by atoms with Crippen LogP contribution in [0.15, 0.2) is 60.7 Å². The Morgan fingerprint density at radius 1 is 1.00 bits per heavy atom. The molecular weight excluding hydrogens is 282 g/mol. The second-order valence-corrected chi connectivity index (χ2v) is 6.18. The Morgan fingerprint density at radius 2 is 1.65 bits per heavy atom. The molecule has 0 spiro atoms. The molecule has 1 aliphatic heterocycles. The van der Waals surface area contributed by atoms with E-state index in [1.165, 1.54) is 6.42 Å². The molecule has 0 aromatic heterocycles. The third kappa shape index (κ3) is 3.70. The molecule has 1 aliphatic rings. The maximum atomic E-state index is 13.2. The molecule has 1 saturated heterocycles. The SMILES string of the molecule is CC1CCCCN1C(=O)/C(=C/c1ccccc1)c1ccccc1. The molecule has 0 saturated carbocycles. The van der Waals surface area contributed by atoms with Gasteiger partial charge in [-0.05, 0) is 43.4 Å². The van der Waals surface area contributed by atoms with Crippen LogP contribution in [0.5, 0.6) is 0 Å². The normalized spacial score (nSPS) is 18.7. The minimum Gasteiger partial charge on any atom is -0.336 e. The standard InChI is InChI=1S/C21H23NO/c1-17-10-8-9-15-22(17)21(23)20(19-13-6-3-7-14-19)16-18-11-4-2-5-12-18/h2-7,11-14,16-17H,8-10,15H2,1H3/b20-16+. The Labute approximate surface area is 138 Å². The number of amides is 1. The summed E-state index contributed by atoms with van der Waals surface area (Å²) in [5.41, 5.74) is 2.83. The molecule has 0 bridgehead atoms. The number of rotatable bonds is 3. The van der Waals surface area contributed by atoms with E-state index < -0.39 is 0 Å². The number of likely N-dealkylation sites (tertiary alicyclic amines) is 1. The van der Waals surface area contributed by atoms with Crippen molar-refractivity contribution in [2.24, 2.45) is 0 Å². The van der Waals surface area contributed by atoms with Gasteiger partial charge in [0, 0.05) is 18.2 Å². The number of carbonyl (C=O) groups excluding carboxylic acids is 1. The van der Waals surface area contributed by atoms with E-state index in [1.807, 2.05) is 71.6 Å². The summed E-state index contributed by atoms with van der Waals surface area (Å²) >= 11 is 0. The molecule has 2 nitrogen and oxygen atoms in total. The van der Waals surface area contributed by atoms with E-state index in [1.54, 1.807) is 0 Å². The smallest absolute Gasteiger partial charge is 0.254 e. The lowest BCUT2D eigenvalue weighted by Gasteiger charge is -2.34. The minimum absolute atomic E-state index is 0.146. The van der Waals surface area contributed by atoms with Gasteiger partial charge in [-0.15, -0.1) is 0 Å². The Bertz CT molecular complexity index is 676. The van der Waals surface area contributed by atoms with Gasteiger partial charge in [0.25, 0.3) is 5.91 Å². The summed E-state index contributed by atoms with van der Waals surface area (Å²) in [6.07, 6.45) is 5.43. The van der Waals surface area contributed by atoms with E-state index in [-0.39, 0.29) is 5.91 Å². The molecule has 23 heavy (non-hydrogen) atoms. The molecule has 0 aliphatic carbocycles. The van der Waals surface area contributed by atoms with Gasteiger partial charge in [0.2, 0.25) is 0 Å². The van der Waals surface area contributed by atoms with Crippen LogP contribution in [0.3, 0.4) is 0 Å². The van der Waals surface area contributed by atoms with Gasteiger partial charge in [-0.25, -0.2) is 0 Å². The number of hydrogen-bond acceptors (Lipinski definition) is 1. The maximum absolute atomic E-state index is 13.2. The lowest BCUT2D eigenvalue weighted by Crippen LogP contribution is -2.42. The average Bonchev–Trinajstić information content (AvgIpc) is 2.61. The summed E-state index contributed by atoms with van der Waals surface area (Å²) < 4.78 is 0. The number of carbonyl (C=O) groups is 1. The summed E-state index contributed by atoms with van der Waals surface area (Å²) in [6.45, 7) is 3.02. The molecule has 3 rings (SSSR count). The van der Waals surface area contributed by atoms with E-state index in [0.717, 1.165) is 36.1 Å². The number of hydrogen-bond donors (Lipinski definition) is 0. The van der Waals surface area contributed by atoms with Crippen molar-refractivity contribution in [3.63, 3.8) is 0 Å². The van der Waals surface area contributed by atoms with Crippen molar-refractivity contribution in [2.45, 2.75) is 32.2 Å². The lowest BCUT2D eigenvalue weighted by molar-refractivity contribution is -0.128. The van der Waals surface area contributed by atoms with Gasteiger partial charge < -0.3 is 4.90 Å². The van der Waals surface area contributed by atoms with Crippen LogP contribution >= 0.6 is 0 Å². The first-order valence-corrected chi connectivity index (χ1v) is 8.39. The van der Waals surface area contributed by atoms with Crippen molar-refractivity contribution in [2.75, 3.05) is 6.54 Å². The van der Waals surface area contributed by atoms with Crippen LogP contribution in [0.4, 0.5) is 0 Å². The van der Waals surface area contributed by atoms with Gasteiger partial charge in [-0.3, -0.25) is 4.79 Å². The molecule has 118 valence electrons. The molecule has 1 heterocycles. The molecule has 1 amide bonds. The number of benzene rings is 2. The minimum atomic E-state index is 0.146. The van der Waals surface area contributed by atoms with E-state index in [4.69, 9.17) is 0 Å². The fourth-order valence-electron chi connectivity index (χ4n) is 3.16. The zero-order valence-electron chi connectivity index (χ0n) is 13.6. The molecule has 1 atom stereocenters. The molecule has 0 radical (unpaired) electrons. The first-order chi connectivity index (χ1) is 11.3. The number of nitrogens with zero attached hydrogens (tertiary/aromatic N) is 1. The molecule has 2 heteroatoms. The second-order valence-electron chi connectivity index (χ2n) is 6.18. The Morgan fingerprint density at radius 3 is 2.30 bits per heavy atom. The van der Waals surface area contributed by atoms with Crippen LogP contribution < -0.4 is 0 Å². The molecule has 1 unspecified atom stereocenters. The van der Waals surface area contributed by atoms with E-state index in [2.05, 4.69) is 6.92 Å². The third-order valence-electron chi connectivity index (χ3n) is 4.49. The van der Waals surface area contributed by atoms with Crippen LogP contribution in [0.25, 0.3) is 11.6 Å². The van der Waals surface area contributed by atoms with Crippen molar-refractivity contribution < 1.29 is 4.79 Å². The summed E-state index contributed by atoms with van der Waals surface area (Å²) in [5, 5.41) is 0. The van der Waals surface area contributed by atoms with E-state index >= 15 is 0 Å². The summed E-state index contributed by atoms with van der Waals surface area (Å²) in [7, 11) is 0. The van der Waals surface area contributed by atoms with Gasteiger partial charge in [-0.1, -0.05) is 60.7 Å². The molecular formula is C21H23NO. The topological polar surface area (TPSA) is 20.3 Å². The van der Waals surface area contributed by atoms with Crippen molar-refractivity contribution in [1.82, 2.24) is 4.90 Å². The largest absolute Gasteiger partial charge is 0.336 e. The van der Waals surface area contributed by atoms with E-state index in [9.17, 15) is 4.79 Å². The van der Waals surface area contributed by atoms with Crippen LogP contribution in [0.1, 0.15) is 37.3 Å². The summed E-state index contributed by atoms with van der Waals surface area (Å²) in [5.74, 6) is 0.146. The predicted octanol–water partition coefficient (Wildman–Crippen LogP) is 4.63. The highest BCUT2D eigenvalue weighted by Gasteiger charge is 2.26. The monoisotopic (exact) mass is 305 g/mol. The van der Waals surface area contributed by atoms with E-state index in [0.29, 0.717) is 6.04 Å². The highest BCUT2D eigenvalue weighted by molar-refractivity contribution is 6.24. The van der Waals surface area contributed by atoms with Gasteiger partial charge in [0.1, 0.15) is 0 Å². The predicted molar refractivity (Wildman–Crippen MR) is 95.8 cm³/mol. The molecule has 2 aromatic rings. The lowest BCUT2D eigenvalue weighted by atomic mass is 9.98.